The molecule has 1 atom stereocenters. The summed E-state index contributed by atoms with van der Waals surface area (Å²) in [7, 11) is 0. The van der Waals surface area contributed by atoms with Gasteiger partial charge in [0.2, 0.25) is 10.9 Å². The van der Waals surface area contributed by atoms with E-state index in [1.807, 2.05) is 6.92 Å². The predicted molar refractivity (Wildman–Crippen MR) is 83.2 cm³/mol. The molecule has 0 aliphatic carbocycles. The molecule has 1 N–H and O–H groups in total. The van der Waals surface area contributed by atoms with E-state index in [4.69, 9.17) is 0 Å². The Kier molecular flexibility index (Phi) is 4.60. The van der Waals surface area contributed by atoms with Gasteiger partial charge in [-0.1, -0.05) is 18.3 Å². The Labute approximate surface area is 144 Å². The van der Waals surface area contributed by atoms with Crippen molar-refractivity contribution in [3.63, 3.8) is 0 Å². The van der Waals surface area contributed by atoms with E-state index in [0.29, 0.717) is 11.4 Å². The third-order valence-electron chi connectivity index (χ3n) is 3.88. The zero-order chi connectivity index (χ0) is 18.4. The molecule has 1 aliphatic heterocycles. The first-order valence-corrected chi connectivity index (χ1v) is 8.58. The fourth-order valence-electron chi connectivity index (χ4n) is 2.84. The predicted octanol–water partition coefficient (Wildman–Crippen LogP) is 3.23. The zero-order valence-corrected chi connectivity index (χ0v) is 14.4. The van der Waals surface area contributed by atoms with Gasteiger partial charge in [0.25, 0.3) is 6.43 Å². The summed E-state index contributed by atoms with van der Waals surface area (Å²) in [5.74, 6) is -2.92. The van der Waals surface area contributed by atoms with Crippen LogP contribution in [0.5, 0.6) is 0 Å². The Balaban J connectivity index is 1.85. The van der Waals surface area contributed by atoms with E-state index in [1.54, 1.807) is 0 Å². The van der Waals surface area contributed by atoms with Gasteiger partial charge in [-0.05, 0) is 13.3 Å². The van der Waals surface area contributed by atoms with Gasteiger partial charge in [-0.15, -0.1) is 0 Å². The highest BCUT2D eigenvalue weighted by Gasteiger charge is 2.36. The van der Waals surface area contributed by atoms with Gasteiger partial charge in [0.1, 0.15) is 10.7 Å². The van der Waals surface area contributed by atoms with Crippen LogP contribution in [0.3, 0.4) is 0 Å². The number of imidazole rings is 1. The Morgan fingerprint density at radius 3 is 2.76 bits per heavy atom. The van der Waals surface area contributed by atoms with Crippen LogP contribution in [0.1, 0.15) is 43.1 Å². The Bertz CT molecular complexity index is 784. The number of nitrogens with zero attached hydrogens (tertiary/aromatic N) is 4. The van der Waals surface area contributed by atoms with Crippen LogP contribution in [0.25, 0.3) is 4.96 Å². The number of hydrogen-bond donors (Lipinski definition) is 1. The van der Waals surface area contributed by atoms with Gasteiger partial charge in [0.05, 0.1) is 18.3 Å². The highest BCUT2D eigenvalue weighted by molar-refractivity contribution is 7.16. The lowest BCUT2D eigenvalue weighted by atomic mass is 10.1. The maximum atomic E-state index is 13.3. The fraction of sp³-hybridized carbons (Fsp3) is 0.643. The third kappa shape index (κ3) is 3.70. The molecule has 138 valence electrons. The van der Waals surface area contributed by atoms with Crippen molar-refractivity contribution in [3.8, 4) is 0 Å². The maximum absolute atomic E-state index is 13.3. The Morgan fingerprint density at radius 2 is 2.16 bits per heavy atom. The van der Waals surface area contributed by atoms with E-state index in [0.717, 1.165) is 11.9 Å². The highest BCUT2D eigenvalue weighted by Crippen LogP contribution is 2.29. The highest BCUT2D eigenvalue weighted by atomic mass is 32.1. The minimum Gasteiger partial charge on any atom is -0.333 e. The molecule has 1 fully saturated rings. The number of halogens is 4. The quantitative estimate of drug-likeness (QED) is 0.784. The molecule has 0 bridgehead atoms. The maximum Gasteiger partial charge on any atom is 0.318 e. The molecule has 1 unspecified atom stereocenters. The molecule has 1 saturated heterocycles. The van der Waals surface area contributed by atoms with Crippen LogP contribution in [0.2, 0.25) is 0 Å². The summed E-state index contributed by atoms with van der Waals surface area (Å²) in [5.41, 5.74) is -0.321. The summed E-state index contributed by atoms with van der Waals surface area (Å²) in [5, 5.41) is 7.43. The summed E-state index contributed by atoms with van der Waals surface area (Å²) < 4.78 is 54.1. The molecule has 3 heterocycles. The number of carbonyl (C=O) groups excluding carboxylic acids is 1. The second kappa shape index (κ2) is 6.43. The summed E-state index contributed by atoms with van der Waals surface area (Å²) in [6, 6.07) is -1.29. The number of hydrogen-bond acceptors (Lipinski definition) is 4. The van der Waals surface area contributed by atoms with E-state index in [-0.39, 0.29) is 18.8 Å². The average molecular weight is 379 g/mol. The molecule has 0 radical (unpaired) electrons. The Hall–Kier alpha value is -1.91. The first-order chi connectivity index (χ1) is 11.7. The average Bonchev–Trinajstić information content (AvgIpc) is 3.12. The van der Waals surface area contributed by atoms with Gasteiger partial charge in [-0.2, -0.15) is 5.10 Å². The van der Waals surface area contributed by atoms with E-state index in [1.165, 1.54) is 20.8 Å². The van der Waals surface area contributed by atoms with Crippen LogP contribution >= 0.6 is 11.3 Å². The number of alkyl halides is 4. The number of amides is 2. The molecule has 2 amide bonds. The number of fused-ring (bicyclic) bond motifs is 1. The summed E-state index contributed by atoms with van der Waals surface area (Å²) in [4.78, 5) is 17.5. The van der Waals surface area contributed by atoms with Crippen LogP contribution < -0.4 is 5.32 Å². The minimum absolute atomic E-state index is 0.0168. The number of nitrogens with one attached hydrogen (secondary N) is 1. The van der Waals surface area contributed by atoms with Crippen molar-refractivity contribution in [1.29, 1.82) is 0 Å². The van der Waals surface area contributed by atoms with Crippen molar-refractivity contribution in [1.82, 2.24) is 24.8 Å². The first kappa shape index (κ1) is 17.9. The lowest BCUT2D eigenvalue weighted by Gasteiger charge is -2.16. The molecule has 2 aromatic heterocycles. The van der Waals surface area contributed by atoms with E-state index < -0.39 is 36.5 Å². The van der Waals surface area contributed by atoms with Gasteiger partial charge >= 0.3 is 6.03 Å². The Morgan fingerprint density at radius 1 is 1.44 bits per heavy atom. The van der Waals surface area contributed by atoms with Crippen LogP contribution in [0.15, 0.2) is 0 Å². The molecule has 1 aliphatic rings. The van der Waals surface area contributed by atoms with Crippen molar-refractivity contribution in [2.75, 3.05) is 6.54 Å². The van der Waals surface area contributed by atoms with Gasteiger partial charge in [-0.25, -0.2) is 31.9 Å². The molecule has 3 rings (SSSR count). The molecule has 11 heteroatoms. The molecular weight excluding hydrogens is 362 g/mol. The topological polar surface area (TPSA) is 62.5 Å². The largest absolute Gasteiger partial charge is 0.333 e. The summed E-state index contributed by atoms with van der Waals surface area (Å²) in [6.45, 7) is 2.52. The normalized spacial score (nSPS) is 18.6. The molecular formula is C14H17F4N5OS. The fourth-order valence-corrected chi connectivity index (χ4v) is 3.70. The van der Waals surface area contributed by atoms with Crippen molar-refractivity contribution in [3.05, 3.63) is 16.4 Å². The number of rotatable bonds is 6. The number of aromatic nitrogens is 3. The molecule has 0 aromatic carbocycles. The minimum atomic E-state index is -2.92. The van der Waals surface area contributed by atoms with Crippen LogP contribution in [-0.4, -0.2) is 44.0 Å². The smallest absolute Gasteiger partial charge is 0.318 e. The van der Waals surface area contributed by atoms with E-state index >= 15 is 0 Å². The van der Waals surface area contributed by atoms with Gasteiger partial charge in [0, 0.05) is 13.0 Å². The molecule has 2 aromatic rings. The molecule has 0 spiro atoms. The van der Waals surface area contributed by atoms with Crippen molar-refractivity contribution in [2.45, 2.75) is 51.6 Å². The standard InChI is InChI=1S/C14H17F4N5OS/c1-3-9-21-23-8(10(11(15)16)20-13(23)25-9)6-22-5-7(19-12(22)24)4-14(2,17)18/h7,11H,3-6H2,1-2H3,(H,19,24). The van der Waals surface area contributed by atoms with E-state index in [9.17, 15) is 22.4 Å². The molecule has 6 nitrogen and oxygen atoms in total. The number of urea groups is 1. The van der Waals surface area contributed by atoms with Crippen LogP contribution in [0.4, 0.5) is 22.4 Å². The van der Waals surface area contributed by atoms with Crippen LogP contribution in [0, 0.1) is 0 Å². The number of carbonyl (C=O) groups is 1. The van der Waals surface area contributed by atoms with E-state index in [2.05, 4.69) is 15.4 Å². The van der Waals surface area contributed by atoms with Crippen molar-refractivity contribution >= 4 is 22.3 Å². The van der Waals surface area contributed by atoms with Crippen molar-refractivity contribution < 1.29 is 22.4 Å². The molecule has 25 heavy (non-hydrogen) atoms. The summed E-state index contributed by atoms with van der Waals surface area (Å²) >= 11 is 1.21. The summed E-state index contributed by atoms with van der Waals surface area (Å²) in [6.07, 6.45) is -2.68. The van der Waals surface area contributed by atoms with Gasteiger partial charge in [-0.3, -0.25) is 0 Å². The van der Waals surface area contributed by atoms with Gasteiger partial charge in [0.15, 0.2) is 0 Å². The van der Waals surface area contributed by atoms with Crippen molar-refractivity contribution in [2.24, 2.45) is 0 Å². The lowest BCUT2D eigenvalue weighted by Crippen LogP contribution is -2.32. The van der Waals surface area contributed by atoms with Crippen LogP contribution in [-0.2, 0) is 13.0 Å². The molecule has 0 saturated carbocycles. The monoisotopic (exact) mass is 379 g/mol. The first-order valence-electron chi connectivity index (χ1n) is 7.76. The zero-order valence-electron chi connectivity index (χ0n) is 13.6. The second-order valence-electron chi connectivity index (χ2n) is 6.09. The number of aryl methyl sites for hydroxylation is 1. The SMILES string of the molecule is CCc1nn2c(CN3CC(CC(C)(F)F)NC3=O)c(C(F)F)nc2s1. The third-order valence-corrected chi connectivity index (χ3v) is 4.93. The van der Waals surface area contributed by atoms with Gasteiger partial charge < -0.3 is 10.2 Å². The second-order valence-corrected chi connectivity index (χ2v) is 7.13. The lowest BCUT2D eigenvalue weighted by molar-refractivity contribution is 0.00505.